The molecule has 0 aromatic carbocycles. The fourth-order valence-corrected chi connectivity index (χ4v) is 16.9. The predicted molar refractivity (Wildman–Crippen MR) is 152 cm³/mol. The zero-order valence-corrected chi connectivity index (χ0v) is 25.8. The second kappa shape index (κ2) is 12.1. The molecule has 0 fully saturated rings. The van der Waals surface area contributed by atoms with E-state index in [4.69, 9.17) is 0 Å². The van der Waals surface area contributed by atoms with E-state index >= 15 is 0 Å². The summed E-state index contributed by atoms with van der Waals surface area (Å²) in [6.07, 6.45) is 0.878. The molecule has 0 aromatic heterocycles. The number of hydrogen-bond acceptors (Lipinski definition) is 2. The number of rotatable bonds is 6. The Morgan fingerprint density at radius 1 is 0.471 bits per heavy atom. The molecule has 2 nitrogen and oxygen atoms in total. The van der Waals surface area contributed by atoms with Gasteiger partial charge in [0.25, 0.3) is 0 Å². The Balaban J connectivity index is 3.86. The molecule has 0 amide bonds. The average molecular weight is 491 g/mol. The maximum atomic E-state index is 9.72. The summed E-state index contributed by atoms with van der Waals surface area (Å²) < 4.78 is 0. The second-order valence-corrected chi connectivity index (χ2v) is 22.9. The van der Waals surface area contributed by atoms with Crippen molar-refractivity contribution in [1.29, 1.82) is 10.5 Å². The van der Waals surface area contributed by atoms with E-state index in [0.717, 1.165) is 11.1 Å². The highest BCUT2D eigenvalue weighted by Crippen LogP contribution is 2.42. The van der Waals surface area contributed by atoms with Crippen molar-refractivity contribution in [2.75, 3.05) is 0 Å². The molecule has 0 radical (unpaired) electrons. The van der Waals surface area contributed by atoms with Crippen LogP contribution < -0.4 is 0 Å². The third-order valence-corrected chi connectivity index (χ3v) is 20.9. The summed E-state index contributed by atoms with van der Waals surface area (Å²) in [6, 6.07) is 4.55. The fraction of sp³-hybridized carbons (Fsp3) is 0.667. The van der Waals surface area contributed by atoms with Gasteiger partial charge < -0.3 is 0 Å². The third-order valence-electron chi connectivity index (χ3n) is 8.30. The van der Waals surface area contributed by atoms with E-state index in [0.29, 0.717) is 57.2 Å². The molecule has 0 spiro atoms. The van der Waals surface area contributed by atoms with Crippen molar-refractivity contribution in [2.24, 2.45) is 0 Å². The summed E-state index contributed by atoms with van der Waals surface area (Å²) in [5.41, 5.74) is 14.0. The normalized spacial score (nSPS) is 15.1. The minimum absolute atomic E-state index is 0.439. The maximum Gasteiger partial charge on any atom is 0.146 e. The van der Waals surface area contributed by atoms with Crippen LogP contribution in [0.5, 0.6) is 0 Å². The van der Waals surface area contributed by atoms with Crippen LogP contribution in [-0.4, -0.2) is 16.1 Å². The van der Waals surface area contributed by atoms with Crippen molar-refractivity contribution in [3.8, 4) is 35.1 Å². The molecular weight excluding hydrogens is 445 g/mol. The lowest BCUT2D eigenvalue weighted by molar-refractivity contribution is 0.838. The molecule has 34 heavy (non-hydrogen) atoms. The number of nitrogens with zero attached hydrogens (tertiary/aromatic N) is 2. The molecular formula is C30H46N2Si2. The van der Waals surface area contributed by atoms with E-state index in [1.807, 2.05) is 0 Å². The summed E-state index contributed by atoms with van der Waals surface area (Å²) in [5.74, 6) is 7.20. The lowest BCUT2D eigenvalue weighted by Crippen LogP contribution is -2.43. The van der Waals surface area contributed by atoms with E-state index in [1.54, 1.807) is 0 Å². The Hall–Kier alpha value is -1.99. The molecule has 1 rings (SSSR count). The lowest BCUT2D eigenvalue weighted by Gasteiger charge is -2.38. The van der Waals surface area contributed by atoms with Gasteiger partial charge in [-0.15, -0.1) is 11.1 Å². The topological polar surface area (TPSA) is 47.6 Å². The quantitative estimate of drug-likeness (QED) is 0.276. The molecule has 0 aromatic rings. The monoisotopic (exact) mass is 490 g/mol. The van der Waals surface area contributed by atoms with Crippen molar-refractivity contribution >= 4 is 16.1 Å². The van der Waals surface area contributed by atoms with Crippen LogP contribution in [-0.2, 0) is 0 Å². The van der Waals surface area contributed by atoms with Crippen LogP contribution >= 0.6 is 0 Å². The highest BCUT2D eigenvalue weighted by atomic mass is 28.3. The highest BCUT2D eigenvalue weighted by Gasteiger charge is 2.43. The van der Waals surface area contributed by atoms with Gasteiger partial charge in [-0.2, -0.15) is 10.5 Å². The van der Waals surface area contributed by atoms with Crippen LogP contribution in [0.2, 0.25) is 33.2 Å². The van der Waals surface area contributed by atoms with Gasteiger partial charge in [0, 0.05) is 35.1 Å². The first-order valence-corrected chi connectivity index (χ1v) is 17.5. The van der Waals surface area contributed by atoms with Crippen LogP contribution in [0.25, 0.3) is 0 Å². The van der Waals surface area contributed by atoms with Gasteiger partial charge in [-0.05, 0) is 33.2 Å². The molecule has 0 N–H and O–H groups in total. The lowest BCUT2D eigenvalue weighted by atomic mass is 9.87. The maximum absolute atomic E-state index is 9.72. The van der Waals surface area contributed by atoms with Gasteiger partial charge >= 0.3 is 0 Å². The van der Waals surface area contributed by atoms with E-state index in [-0.39, 0.29) is 0 Å². The third kappa shape index (κ3) is 5.80. The number of allylic oxidation sites excluding steroid dienone is 4. The van der Waals surface area contributed by atoms with Crippen molar-refractivity contribution in [2.45, 2.75) is 129 Å². The summed E-state index contributed by atoms with van der Waals surface area (Å²) in [6.45, 7) is 27.8. The summed E-state index contributed by atoms with van der Waals surface area (Å²) in [5, 5.41) is 19.4. The largest absolute Gasteiger partial charge is 0.193 e. The van der Waals surface area contributed by atoms with E-state index in [9.17, 15) is 10.5 Å². The molecule has 0 heterocycles. The van der Waals surface area contributed by atoms with Crippen molar-refractivity contribution in [1.82, 2.24) is 0 Å². The van der Waals surface area contributed by atoms with E-state index < -0.39 is 16.1 Å². The fourth-order valence-electron chi connectivity index (χ4n) is 6.47. The molecule has 0 saturated heterocycles. The first kappa shape index (κ1) is 30.0. The Morgan fingerprint density at radius 3 is 0.882 bits per heavy atom. The standard InChI is InChI=1S/C30H46N2Si2/c1-21(2)33(22(3)4,23(5)6)15-13-27-17-29(19-31)30(20-32)18-28(27)14-16-34(24(7)8,25(9)10)26(11)12/h21-26H,17-18H2,1-12H3. The first-order chi connectivity index (χ1) is 15.7. The van der Waals surface area contributed by atoms with Crippen LogP contribution in [0.15, 0.2) is 22.3 Å². The molecule has 0 atom stereocenters. The SMILES string of the molecule is CC(C)[Si](C#CC1=C(C#C[Si](C(C)C)(C(C)C)C(C)C)CC(C#N)=C(C#N)C1)(C(C)C)C(C)C. The molecule has 0 saturated carbocycles. The molecule has 0 unspecified atom stereocenters. The summed E-state index contributed by atoms with van der Waals surface area (Å²) >= 11 is 0. The Morgan fingerprint density at radius 2 is 0.706 bits per heavy atom. The van der Waals surface area contributed by atoms with Crippen molar-refractivity contribution in [3.63, 3.8) is 0 Å². The average Bonchev–Trinajstić information content (AvgIpc) is 2.73. The van der Waals surface area contributed by atoms with Crippen molar-refractivity contribution < 1.29 is 0 Å². The summed E-state index contributed by atoms with van der Waals surface area (Å²) in [7, 11) is -3.82. The molecule has 184 valence electrons. The van der Waals surface area contributed by atoms with Gasteiger partial charge in [0.1, 0.15) is 16.1 Å². The van der Waals surface area contributed by atoms with Gasteiger partial charge in [-0.25, -0.2) is 0 Å². The van der Waals surface area contributed by atoms with Crippen molar-refractivity contribution in [3.05, 3.63) is 22.3 Å². The minimum Gasteiger partial charge on any atom is -0.193 e. The van der Waals surface area contributed by atoms with E-state index in [2.05, 4.69) is 118 Å². The Bertz CT molecular complexity index is 891. The predicted octanol–water partition coefficient (Wildman–Crippen LogP) is 8.86. The van der Waals surface area contributed by atoms with Gasteiger partial charge in [-0.1, -0.05) is 94.9 Å². The van der Waals surface area contributed by atoms with Gasteiger partial charge in [0.15, 0.2) is 0 Å². The smallest absolute Gasteiger partial charge is 0.146 e. The van der Waals surface area contributed by atoms with Crippen LogP contribution in [0, 0.1) is 45.6 Å². The second-order valence-electron chi connectivity index (χ2n) is 11.8. The van der Waals surface area contributed by atoms with Gasteiger partial charge in [0.05, 0.1) is 12.1 Å². The molecule has 1 aliphatic carbocycles. The highest BCUT2D eigenvalue weighted by molar-refractivity contribution is 6.91. The molecule has 1 aliphatic rings. The Kier molecular flexibility index (Phi) is 10.7. The zero-order chi connectivity index (χ0) is 26.4. The zero-order valence-electron chi connectivity index (χ0n) is 23.8. The van der Waals surface area contributed by atoms with Crippen LogP contribution in [0.1, 0.15) is 95.9 Å². The first-order valence-electron chi connectivity index (χ1n) is 13.0. The van der Waals surface area contributed by atoms with Gasteiger partial charge in [-0.3, -0.25) is 0 Å². The van der Waals surface area contributed by atoms with Crippen LogP contribution in [0.3, 0.4) is 0 Å². The Labute approximate surface area is 212 Å². The van der Waals surface area contributed by atoms with Gasteiger partial charge in [0.2, 0.25) is 0 Å². The molecule has 4 heteroatoms. The molecule has 0 bridgehead atoms. The number of nitriles is 2. The number of hydrogen-bond donors (Lipinski definition) is 0. The van der Waals surface area contributed by atoms with E-state index in [1.165, 1.54) is 0 Å². The summed E-state index contributed by atoms with van der Waals surface area (Å²) in [4.78, 5) is 0. The molecule has 0 aliphatic heterocycles. The van der Waals surface area contributed by atoms with Crippen LogP contribution in [0.4, 0.5) is 0 Å². The minimum atomic E-state index is -1.91.